The number of sulfone groups is 1. The van der Waals surface area contributed by atoms with Crippen LogP contribution in [0.5, 0.6) is 34.5 Å². The van der Waals surface area contributed by atoms with Crippen LogP contribution in [0.15, 0.2) is 265 Å². The van der Waals surface area contributed by atoms with Crippen molar-refractivity contribution < 1.29 is 46.3 Å². The molecule has 0 heterocycles. The van der Waals surface area contributed by atoms with Crippen molar-refractivity contribution in [1.29, 1.82) is 0 Å². The third-order valence-electron chi connectivity index (χ3n) is 15.7. The SMILES string of the molecule is C.CC(C)(C)c1ccc(C(C)(C)C)cc1.CC1(C)c2ccccc2-c2ccccc21.COC.COC.COc1ccc(-c2ccc(OC)cc2)cc1.COc1ccc(C(C)(C)c2ccc(OC)cc2)cc1.COc1ccc(S(=O)(=O)c2ccc(OC)cc2)cc1.c1ccccc1. The summed E-state index contributed by atoms with van der Waals surface area (Å²) in [5, 5.41) is 0. The van der Waals surface area contributed by atoms with Crippen LogP contribution < -0.4 is 28.4 Å². The first-order chi connectivity index (χ1) is 45.2. The molecule has 0 spiro atoms. The van der Waals surface area contributed by atoms with E-state index in [2.05, 4.69) is 176 Å². The van der Waals surface area contributed by atoms with Crippen LogP contribution in [0, 0.1) is 0 Å². The van der Waals surface area contributed by atoms with Crippen molar-refractivity contribution >= 4 is 9.84 Å². The first kappa shape index (κ1) is 81.1. The van der Waals surface area contributed by atoms with E-state index in [1.165, 1.54) is 94.1 Å². The quantitative estimate of drug-likeness (QED) is 0.124. The molecule has 10 aromatic rings. The van der Waals surface area contributed by atoms with Gasteiger partial charge in [-0.05, 0) is 164 Å². The predicted molar refractivity (Wildman–Crippen MR) is 401 cm³/mol. The summed E-state index contributed by atoms with van der Waals surface area (Å²) in [4.78, 5) is 0.469. The molecule has 10 aromatic carbocycles. The van der Waals surface area contributed by atoms with E-state index < -0.39 is 9.84 Å². The molecule has 0 fully saturated rings. The van der Waals surface area contributed by atoms with Gasteiger partial charge in [-0.25, -0.2) is 8.42 Å². The molecular formula is C85H106O10S. The average Bonchev–Trinajstić information content (AvgIpc) is 1.59. The Hall–Kier alpha value is -9.13. The topological polar surface area (TPSA) is 108 Å². The van der Waals surface area contributed by atoms with Crippen LogP contribution in [0.4, 0.5) is 0 Å². The van der Waals surface area contributed by atoms with Gasteiger partial charge in [0, 0.05) is 39.3 Å². The third-order valence-corrected chi connectivity index (χ3v) is 17.4. The Morgan fingerprint density at radius 2 is 0.490 bits per heavy atom. The van der Waals surface area contributed by atoms with Crippen molar-refractivity contribution in [3.05, 3.63) is 288 Å². The van der Waals surface area contributed by atoms with Crippen LogP contribution in [0.2, 0.25) is 0 Å². The summed E-state index contributed by atoms with van der Waals surface area (Å²) >= 11 is 0. The minimum Gasteiger partial charge on any atom is -0.497 e. The molecule has 0 atom stereocenters. The fraction of sp³-hybridized carbons (Fsp3) is 0.294. The minimum absolute atomic E-state index is 0. The first-order valence-corrected chi connectivity index (χ1v) is 32.9. The highest BCUT2D eigenvalue weighted by Crippen LogP contribution is 2.48. The first-order valence-electron chi connectivity index (χ1n) is 31.5. The standard InChI is InChI=1S/C17H20O2.C15H14.C14H14O4S.C14H14O2.C14H22.C6H6.2C2H6O.CH4/c1-17(2,13-5-9-15(18-3)10-6-13)14-7-11-16(19-4)12-8-14;1-15(2)13-9-5-3-7-11(13)12-8-4-6-10-14(12)15;1-17-11-3-7-13(8-4-11)19(15,16)14-9-5-12(18-2)6-10-14;1-15-13-7-3-11(4-8-13)12-5-9-14(16-2)10-6-12;1-13(2,3)11-7-9-12(10-8-11)14(4,5)6;1-2-4-6-5-3-1;2*1-3-2;/h5-12H,1-4H3;3-10H,1-2H3;3-10H,1-2H3;3-10H,1-2H3;7-10H,1-6H3;1-6H;2*1-2H3;1H4. The van der Waals surface area contributed by atoms with E-state index in [-0.39, 0.29) is 38.9 Å². The van der Waals surface area contributed by atoms with Crippen molar-refractivity contribution in [2.45, 2.75) is 108 Å². The Kier molecular flexibility index (Phi) is 33.5. The number of rotatable bonds is 11. The molecule has 512 valence electrons. The van der Waals surface area contributed by atoms with E-state index in [1.807, 2.05) is 109 Å². The maximum Gasteiger partial charge on any atom is 0.206 e. The molecule has 0 unspecified atom stereocenters. The molecule has 10 nitrogen and oxygen atoms in total. The fourth-order valence-corrected chi connectivity index (χ4v) is 11.2. The van der Waals surface area contributed by atoms with Gasteiger partial charge in [-0.15, -0.1) is 0 Å². The molecule has 1 aliphatic rings. The number of hydrogen-bond donors (Lipinski definition) is 0. The second kappa shape index (κ2) is 39.7. The van der Waals surface area contributed by atoms with Gasteiger partial charge in [0.05, 0.1) is 52.4 Å². The monoisotopic (exact) mass is 1320 g/mol. The molecule has 0 N–H and O–H groups in total. The normalized spacial score (nSPS) is 11.3. The molecule has 0 amide bonds. The van der Waals surface area contributed by atoms with Crippen molar-refractivity contribution in [2.24, 2.45) is 0 Å². The lowest BCUT2D eigenvalue weighted by Crippen LogP contribution is -2.18. The highest BCUT2D eigenvalue weighted by molar-refractivity contribution is 7.91. The number of hydrogen-bond acceptors (Lipinski definition) is 10. The van der Waals surface area contributed by atoms with E-state index in [0.29, 0.717) is 11.5 Å². The lowest BCUT2D eigenvalue weighted by Gasteiger charge is -2.26. The van der Waals surface area contributed by atoms with Gasteiger partial charge in [0.25, 0.3) is 0 Å². The van der Waals surface area contributed by atoms with Gasteiger partial charge < -0.3 is 37.9 Å². The van der Waals surface area contributed by atoms with Gasteiger partial charge in [-0.1, -0.05) is 234 Å². The fourth-order valence-electron chi connectivity index (χ4n) is 9.92. The van der Waals surface area contributed by atoms with E-state index in [4.69, 9.17) is 28.4 Å². The number of fused-ring (bicyclic) bond motifs is 3. The van der Waals surface area contributed by atoms with Crippen LogP contribution in [0.1, 0.15) is 110 Å². The van der Waals surface area contributed by atoms with Crippen LogP contribution in [0.3, 0.4) is 0 Å². The van der Waals surface area contributed by atoms with Gasteiger partial charge >= 0.3 is 0 Å². The summed E-state index contributed by atoms with van der Waals surface area (Å²) < 4.78 is 63.9. The summed E-state index contributed by atoms with van der Waals surface area (Å²) in [5.41, 5.74) is 14.0. The Bertz CT molecular complexity index is 3590. The molecule has 0 saturated heterocycles. The maximum atomic E-state index is 12.4. The van der Waals surface area contributed by atoms with E-state index in [9.17, 15) is 8.42 Å². The lowest BCUT2D eigenvalue weighted by molar-refractivity contribution is 0.277. The Morgan fingerprint density at radius 3 is 0.719 bits per heavy atom. The van der Waals surface area contributed by atoms with E-state index in [1.54, 1.807) is 81.1 Å². The third kappa shape index (κ3) is 24.3. The van der Waals surface area contributed by atoms with Crippen molar-refractivity contribution in [1.82, 2.24) is 0 Å². The summed E-state index contributed by atoms with van der Waals surface area (Å²) in [5.74, 6) is 4.75. The lowest BCUT2D eigenvalue weighted by atomic mass is 9.78. The van der Waals surface area contributed by atoms with Crippen LogP contribution in [-0.4, -0.2) is 79.5 Å². The van der Waals surface area contributed by atoms with Crippen molar-refractivity contribution in [2.75, 3.05) is 71.1 Å². The zero-order valence-corrected chi connectivity index (χ0v) is 60.6. The van der Waals surface area contributed by atoms with Gasteiger partial charge in [-0.3, -0.25) is 0 Å². The molecule has 96 heavy (non-hydrogen) atoms. The summed E-state index contributed by atoms with van der Waals surface area (Å²) in [6, 6.07) is 83.5. The molecule has 0 bridgehead atoms. The van der Waals surface area contributed by atoms with Crippen LogP contribution in [0.25, 0.3) is 22.3 Å². The second-order valence-corrected chi connectivity index (χ2v) is 27.1. The zero-order valence-electron chi connectivity index (χ0n) is 59.7. The van der Waals surface area contributed by atoms with Crippen molar-refractivity contribution in [3.8, 4) is 56.8 Å². The number of methoxy groups -OCH3 is 8. The number of ether oxygens (including phenoxy) is 8. The molecule has 0 aromatic heterocycles. The predicted octanol–water partition coefficient (Wildman–Crippen LogP) is 21.1. The summed E-state index contributed by atoms with van der Waals surface area (Å²) in [6.45, 7) is 22.5. The Morgan fingerprint density at radius 1 is 0.281 bits per heavy atom. The highest BCUT2D eigenvalue weighted by Gasteiger charge is 2.34. The highest BCUT2D eigenvalue weighted by atomic mass is 32.2. The van der Waals surface area contributed by atoms with Gasteiger partial charge in [0.2, 0.25) is 9.84 Å². The molecule has 0 aliphatic heterocycles. The largest absolute Gasteiger partial charge is 0.497 e. The minimum atomic E-state index is -3.50. The van der Waals surface area contributed by atoms with E-state index in [0.717, 1.165) is 23.0 Å². The Labute approximate surface area is 577 Å². The Balaban J connectivity index is 0.000000299. The second-order valence-electron chi connectivity index (χ2n) is 25.2. The summed E-state index contributed by atoms with van der Waals surface area (Å²) in [7, 11) is 12.8. The van der Waals surface area contributed by atoms with Crippen LogP contribution in [-0.2, 0) is 41.0 Å². The smallest absolute Gasteiger partial charge is 0.206 e. The molecule has 11 heteroatoms. The molecular weight excluding hydrogens is 1210 g/mol. The van der Waals surface area contributed by atoms with Gasteiger partial charge in [0.1, 0.15) is 34.5 Å². The summed E-state index contributed by atoms with van der Waals surface area (Å²) in [6.07, 6.45) is 0. The van der Waals surface area contributed by atoms with E-state index >= 15 is 0 Å². The van der Waals surface area contributed by atoms with Gasteiger partial charge in [-0.2, -0.15) is 0 Å². The maximum absolute atomic E-state index is 12.4. The van der Waals surface area contributed by atoms with Crippen molar-refractivity contribution in [3.63, 3.8) is 0 Å². The van der Waals surface area contributed by atoms with Gasteiger partial charge in [0.15, 0.2) is 0 Å². The number of benzene rings is 10. The average molecular weight is 1320 g/mol. The molecule has 1 aliphatic carbocycles. The molecule has 0 radical (unpaired) electrons. The zero-order chi connectivity index (χ0) is 70.2. The van der Waals surface area contributed by atoms with Crippen LogP contribution >= 0.6 is 0 Å². The molecule has 0 saturated carbocycles. The molecule has 11 rings (SSSR count).